The van der Waals surface area contributed by atoms with Gasteiger partial charge in [-0.05, 0) is 31.9 Å². The summed E-state index contributed by atoms with van der Waals surface area (Å²) >= 11 is 0. The number of amides is 1. The molecule has 0 aromatic carbocycles. The van der Waals surface area contributed by atoms with Crippen LogP contribution in [-0.2, 0) is 6.42 Å². The first-order valence-electron chi connectivity index (χ1n) is 6.51. The minimum Gasteiger partial charge on any atom is -0.465 e. The van der Waals surface area contributed by atoms with E-state index in [0.29, 0.717) is 32.4 Å². The Labute approximate surface area is 111 Å². The molecule has 1 aromatic rings. The Hall–Kier alpha value is -1.91. The summed E-state index contributed by atoms with van der Waals surface area (Å²) in [6.07, 6.45) is 0.976. The van der Waals surface area contributed by atoms with Gasteiger partial charge in [0.1, 0.15) is 0 Å². The normalized spacial score (nSPS) is 20.7. The highest BCUT2D eigenvalue weighted by molar-refractivity contribution is 6.04. The largest absolute Gasteiger partial charge is 0.465 e. The number of hydrogen-bond donors (Lipinski definition) is 1. The van der Waals surface area contributed by atoms with Gasteiger partial charge in [0.05, 0.1) is 5.69 Å². The van der Waals surface area contributed by atoms with E-state index in [1.807, 2.05) is 19.1 Å². The Morgan fingerprint density at radius 3 is 2.68 bits per heavy atom. The van der Waals surface area contributed by atoms with Crippen LogP contribution in [0.15, 0.2) is 12.1 Å². The zero-order chi connectivity index (χ0) is 13.6. The average Bonchev–Trinajstić information content (AvgIpc) is 2.63. The van der Waals surface area contributed by atoms with E-state index in [9.17, 15) is 9.59 Å². The quantitative estimate of drug-likeness (QED) is 0.773. The number of carboxylic acid groups (broad SMARTS) is 1. The molecule has 1 aliphatic carbocycles. The molecule has 5 heteroatoms. The first-order valence-corrected chi connectivity index (χ1v) is 6.51. The average molecular weight is 260 g/mol. The van der Waals surface area contributed by atoms with Gasteiger partial charge in [-0.3, -0.25) is 9.78 Å². The van der Waals surface area contributed by atoms with E-state index in [4.69, 9.17) is 5.11 Å². The molecule has 1 amide bonds. The lowest BCUT2D eigenvalue weighted by Crippen LogP contribution is -2.45. The summed E-state index contributed by atoms with van der Waals surface area (Å²) in [7, 11) is 0. The summed E-state index contributed by atoms with van der Waals surface area (Å²) in [5.41, 5.74) is 2.13. The van der Waals surface area contributed by atoms with Crippen molar-refractivity contribution in [3.63, 3.8) is 0 Å². The molecule has 2 aliphatic rings. The minimum absolute atomic E-state index is 0.153. The van der Waals surface area contributed by atoms with E-state index in [1.165, 1.54) is 4.90 Å². The molecule has 5 nitrogen and oxygen atoms in total. The Kier molecular flexibility index (Phi) is 2.59. The van der Waals surface area contributed by atoms with Crippen molar-refractivity contribution >= 4 is 11.9 Å². The molecule has 1 aromatic heterocycles. The number of Topliss-reactive ketones (excluding diaryl/α,β-unsaturated/α-hetero) is 1. The molecule has 1 spiro atoms. The van der Waals surface area contributed by atoms with Gasteiger partial charge in [-0.1, -0.05) is 0 Å². The van der Waals surface area contributed by atoms with Crippen LogP contribution in [0.4, 0.5) is 4.79 Å². The second kappa shape index (κ2) is 4.05. The number of ketones is 1. The molecule has 100 valence electrons. The van der Waals surface area contributed by atoms with E-state index >= 15 is 0 Å². The molecule has 0 bridgehead atoms. The zero-order valence-corrected chi connectivity index (χ0v) is 10.8. The van der Waals surface area contributed by atoms with Gasteiger partial charge >= 0.3 is 6.09 Å². The van der Waals surface area contributed by atoms with E-state index in [-0.39, 0.29) is 5.78 Å². The third kappa shape index (κ3) is 1.80. The minimum atomic E-state index is -0.897. The lowest BCUT2D eigenvalue weighted by Gasteiger charge is -2.36. The third-order valence-corrected chi connectivity index (χ3v) is 4.34. The molecule has 0 saturated carbocycles. The lowest BCUT2D eigenvalue weighted by atomic mass is 9.75. The maximum atomic E-state index is 12.6. The highest BCUT2D eigenvalue weighted by Gasteiger charge is 2.48. The Morgan fingerprint density at radius 1 is 1.37 bits per heavy atom. The van der Waals surface area contributed by atoms with E-state index in [1.54, 1.807) is 0 Å². The van der Waals surface area contributed by atoms with Gasteiger partial charge in [0, 0.05) is 36.2 Å². The van der Waals surface area contributed by atoms with Crippen molar-refractivity contribution in [1.29, 1.82) is 0 Å². The number of fused-ring (bicyclic) bond motifs is 1. The van der Waals surface area contributed by atoms with Gasteiger partial charge in [-0.15, -0.1) is 0 Å². The summed E-state index contributed by atoms with van der Waals surface area (Å²) in [4.78, 5) is 29.3. The zero-order valence-electron chi connectivity index (χ0n) is 10.8. The van der Waals surface area contributed by atoms with Gasteiger partial charge in [0.15, 0.2) is 5.78 Å². The number of aryl methyl sites for hydroxylation is 1. The summed E-state index contributed by atoms with van der Waals surface area (Å²) in [6.45, 7) is 2.80. The van der Waals surface area contributed by atoms with Crippen molar-refractivity contribution in [2.75, 3.05) is 13.1 Å². The van der Waals surface area contributed by atoms with Crippen molar-refractivity contribution in [3.05, 3.63) is 29.1 Å². The highest BCUT2D eigenvalue weighted by Crippen LogP contribution is 2.43. The second-order valence-electron chi connectivity index (χ2n) is 5.50. The first kappa shape index (κ1) is 12.1. The number of pyridine rings is 1. The lowest BCUT2D eigenvalue weighted by molar-refractivity contribution is 0.0620. The van der Waals surface area contributed by atoms with Crippen molar-refractivity contribution in [2.24, 2.45) is 5.41 Å². The number of nitrogens with zero attached hydrogens (tertiary/aromatic N) is 2. The molecule has 1 aliphatic heterocycles. The van der Waals surface area contributed by atoms with Crippen LogP contribution in [0.1, 0.15) is 34.6 Å². The van der Waals surface area contributed by atoms with Gasteiger partial charge in [0.2, 0.25) is 0 Å². The predicted molar refractivity (Wildman–Crippen MR) is 68.3 cm³/mol. The van der Waals surface area contributed by atoms with Crippen molar-refractivity contribution < 1.29 is 14.7 Å². The SMILES string of the molecule is Cc1ccc2c(n1)CC1(CCN(C(=O)O)CC1)C2=O. The first-order chi connectivity index (χ1) is 9.02. The number of piperidine rings is 1. The summed E-state index contributed by atoms with van der Waals surface area (Å²) in [6, 6.07) is 3.72. The molecule has 19 heavy (non-hydrogen) atoms. The smallest absolute Gasteiger partial charge is 0.407 e. The van der Waals surface area contributed by atoms with E-state index in [2.05, 4.69) is 4.98 Å². The summed E-state index contributed by atoms with van der Waals surface area (Å²) in [5, 5.41) is 8.97. The molecule has 1 saturated heterocycles. The fourth-order valence-corrected chi connectivity index (χ4v) is 3.17. The van der Waals surface area contributed by atoms with Crippen LogP contribution in [0.5, 0.6) is 0 Å². The number of rotatable bonds is 0. The fourth-order valence-electron chi connectivity index (χ4n) is 3.17. The molecule has 1 N–H and O–H groups in total. The van der Waals surface area contributed by atoms with Gasteiger partial charge in [-0.25, -0.2) is 4.79 Å². The van der Waals surface area contributed by atoms with Gasteiger partial charge < -0.3 is 10.0 Å². The molecule has 0 unspecified atom stereocenters. The maximum Gasteiger partial charge on any atom is 0.407 e. The number of hydrogen-bond acceptors (Lipinski definition) is 3. The molecule has 3 rings (SSSR count). The monoisotopic (exact) mass is 260 g/mol. The second-order valence-corrected chi connectivity index (χ2v) is 5.50. The topological polar surface area (TPSA) is 70.5 Å². The molecule has 0 radical (unpaired) electrons. The van der Waals surface area contributed by atoms with Crippen molar-refractivity contribution in [2.45, 2.75) is 26.2 Å². The van der Waals surface area contributed by atoms with Gasteiger partial charge in [-0.2, -0.15) is 0 Å². The van der Waals surface area contributed by atoms with Crippen LogP contribution in [0.3, 0.4) is 0 Å². The van der Waals surface area contributed by atoms with Crippen LogP contribution in [0.2, 0.25) is 0 Å². The molecule has 0 atom stereocenters. The number of likely N-dealkylation sites (tertiary alicyclic amines) is 1. The molecular formula is C14H16N2O3. The molecule has 2 heterocycles. The van der Waals surface area contributed by atoms with E-state index in [0.717, 1.165) is 17.0 Å². The molecular weight excluding hydrogens is 244 g/mol. The Bertz CT molecular complexity index is 560. The van der Waals surface area contributed by atoms with Crippen LogP contribution in [0.25, 0.3) is 0 Å². The predicted octanol–water partition coefficient (Wildman–Crippen LogP) is 1.89. The van der Waals surface area contributed by atoms with Crippen LogP contribution < -0.4 is 0 Å². The highest BCUT2D eigenvalue weighted by atomic mass is 16.4. The fraction of sp³-hybridized carbons (Fsp3) is 0.500. The van der Waals surface area contributed by atoms with Crippen LogP contribution in [0, 0.1) is 12.3 Å². The van der Waals surface area contributed by atoms with E-state index < -0.39 is 11.5 Å². The molecule has 1 fully saturated rings. The Balaban J connectivity index is 1.86. The van der Waals surface area contributed by atoms with Crippen LogP contribution >= 0.6 is 0 Å². The standard InChI is InChI=1S/C14H16N2O3/c1-9-2-3-10-11(15-9)8-14(12(10)17)4-6-16(7-5-14)13(18)19/h2-3H,4-8H2,1H3,(H,18,19). The maximum absolute atomic E-state index is 12.6. The number of carbonyl (C=O) groups excluding carboxylic acids is 1. The van der Waals surface area contributed by atoms with Crippen molar-refractivity contribution in [3.8, 4) is 0 Å². The summed E-state index contributed by atoms with van der Waals surface area (Å²) < 4.78 is 0. The third-order valence-electron chi connectivity index (χ3n) is 4.34. The summed E-state index contributed by atoms with van der Waals surface area (Å²) in [5.74, 6) is 0.153. The van der Waals surface area contributed by atoms with Crippen LogP contribution in [-0.4, -0.2) is 40.0 Å². The number of carbonyl (C=O) groups is 2. The Morgan fingerprint density at radius 2 is 2.05 bits per heavy atom. The van der Waals surface area contributed by atoms with Gasteiger partial charge in [0.25, 0.3) is 0 Å². The number of aromatic nitrogens is 1. The van der Waals surface area contributed by atoms with Crippen molar-refractivity contribution in [1.82, 2.24) is 9.88 Å².